The van der Waals surface area contributed by atoms with Gasteiger partial charge in [0.1, 0.15) is 11.5 Å². The number of hydrogen-bond donors (Lipinski definition) is 2. The summed E-state index contributed by atoms with van der Waals surface area (Å²) in [7, 11) is 0. The van der Waals surface area contributed by atoms with Crippen LogP contribution >= 0.6 is 0 Å². The Kier molecular flexibility index (Phi) is 1.18. The van der Waals surface area contributed by atoms with Crippen LogP contribution in [0.3, 0.4) is 0 Å². The molecule has 0 atom stereocenters. The van der Waals surface area contributed by atoms with Crippen molar-refractivity contribution in [1.29, 1.82) is 0 Å². The first kappa shape index (κ1) is 5.75. The third-order valence-corrected chi connectivity index (χ3v) is 0.980. The van der Waals surface area contributed by atoms with Crippen molar-refractivity contribution in [2.24, 2.45) is 0 Å². The second-order valence-electron chi connectivity index (χ2n) is 1.70. The molecule has 3 N–H and O–H groups in total. The molecule has 1 rings (SSSR count). The van der Waals surface area contributed by atoms with Gasteiger partial charge in [-0.1, -0.05) is 0 Å². The molecule has 0 heterocycles. The molecule has 0 fully saturated rings. The fourth-order valence-corrected chi connectivity index (χ4v) is 0.524. The minimum absolute atomic E-state index is 0.00204. The maximum absolute atomic E-state index is 8.75. The van der Waals surface area contributed by atoms with Crippen molar-refractivity contribution < 1.29 is 10.2 Å². The van der Waals surface area contributed by atoms with E-state index in [1.165, 1.54) is 18.2 Å². The van der Waals surface area contributed by atoms with E-state index in [1.54, 1.807) is 0 Å². The van der Waals surface area contributed by atoms with Gasteiger partial charge < -0.3 is 10.2 Å². The number of hydrogen-bond acceptors (Lipinski definition) is 2. The quantitative estimate of drug-likeness (QED) is 0.400. The maximum atomic E-state index is 8.75. The van der Waals surface area contributed by atoms with E-state index in [4.69, 9.17) is 15.9 Å². The van der Waals surface area contributed by atoms with E-state index >= 15 is 0 Å². The number of phenolic OH excluding ortho intramolecular Hbond substituents is 2. The van der Waals surface area contributed by atoms with Gasteiger partial charge in [-0.2, -0.15) is 0 Å². The Labute approximate surface area is 52.4 Å². The van der Waals surface area contributed by atoms with Crippen LogP contribution in [0.2, 0.25) is 0 Å². The summed E-state index contributed by atoms with van der Waals surface area (Å²) in [6, 6.07) is 3.78. The lowest BCUT2D eigenvalue weighted by Crippen LogP contribution is -1.70. The molecule has 0 saturated carbocycles. The Bertz CT molecular complexity index is 222. The van der Waals surface area contributed by atoms with Crippen molar-refractivity contribution in [1.82, 2.24) is 5.73 Å². The van der Waals surface area contributed by atoms with Crippen molar-refractivity contribution in [3.63, 3.8) is 0 Å². The summed E-state index contributed by atoms with van der Waals surface area (Å²) < 4.78 is 0. The molecule has 0 amide bonds. The lowest BCUT2D eigenvalue weighted by molar-refractivity contribution is 0.461. The molecule has 0 aliphatic heterocycles. The lowest BCUT2D eigenvalue weighted by atomic mass is 10.3. The van der Waals surface area contributed by atoms with Gasteiger partial charge in [0.2, 0.25) is 0 Å². The van der Waals surface area contributed by atoms with Crippen LogP contribution in [-0.4, -0.2) is 10.2 Å². The molecule has 47 valence electrons. The van der Waals surface area contributed by atoms with E-state index in [0.29, 0.717) is 0 Å². The van der Waals surface area contributed by atoms with Gasteiger partial charge in [0.05, 0.1) is 5.69 Å². The summed E-state index contributed by atoms with van der Waals surface area (Å²) in [5.41, 5.74) is 6.89. The number of aromatic hydroxyl groups is 2. The summed E-state index contributed by atoms with van der Waals surface area (Å²) in [5.74, 6) is -0.120. The third-order valence-electron chi connectivity index (χ3n) is 0.980. The predicted molar refractivity (Wildman–Crippen MR) is 32.5 cm³/mol. The molecule has 0 bridgehead atoms. The smallest absolute Gasteiger partial charge is 0.140 e. The molecule has 0 aliphatic carbocycles. The molecule has 0 aromatic heterocycles. The Balaban J connectivity index is 3.17. The average Bonchev–Trinajstić information content (AvgIpc) is 1.80. The van der Waals surface area contributed by atoms with Crippen molar-refractivity contribution in [2.75, 3.05) is 0 Å². The SMILES string of the molecule is [NH]c1cc(O)ccc1O. The Morgan fingerprint density at radius 3 is 2.33 bits per heavy atom. The molecular weight excluding hydrogens is 118 g/mol. The van der Waals surface area contributed by atoms with Crippen molar-refractivity contribution >= 4 is 5.69 Å². The summed E-state index contributed by atoms with van der Waals surface area (Å²) in [6.07, 6.45) is 0. The van der Waals surface area contributed by atoms with Gasteiger partial charge in [0, 0.05) is 6.07 Å². The van der Waals surface area contributed by atoms with E-state index < -0.39 is 0 Å². The van der Waals surface area contributed by atoms with Gasteiger partial charge in [-0.05, 0) is 12.1 Å². The van der Waals surface area contributed by atoms with Crippen LogP contribution in [0.5, 0.6) is 11.5 Å². The number of phenols is 2. The first-order valence-corrected chi connectivity index (χ1v) is 2.44. The average molecular weight is 124 g/mol. The molecule has 0 unspecified atom stereocenters. The fraction of sp³-hybridized carbons (Fsp3) is 0. The Morgan fingerprint density at radius 1 is 1.22 bits per heavy atom. The van der Waals surface area contributed by atoms with Crippen LogP contribution in [0.1, 0.15) is 0 Å². The van der Waals surface area contributed by atoms with E-state index in [2.05, 4.69) is 0 Å². The largest absolute Gasteiger partial charge is 0.508 e. The zero-order valence-corrected chi connectivity index (χ0v) is 4.63. The van der Waals surface area contributed by atoms with Crippen LogP contribution in [0.15, 0.2) is 18.2 Å². The zero-order valence-electron chi connectivity index (χ0n) is 4.63. The standard InChI is InChI=1S/C6H6NO2/c7-5-3-4(8)1-2-6(5)9/h1-3,7-9H. The summed E-state index contributed by atoms with van der Waals surface area (Å²) in [4.78, 5) is 0. The molecule has 0 aliphatic rings. The van der Waals surface area contributed by atoms with Crippen LogP contribution in [0.4, 0.5) is 5.69 Å². The Morgan fingerprint density at radius 2 is 1.89 bits per heavy atom. The summed E-state index contributed by atoms with van der Waals surface area (Å²) in [6.45, 7) is 0. The number of rotatable bonds is 0. The highest BCUT2D eigenvalue weighted by atomic mass is 16.3. The molecule has 9 heavy (non-hydrogen) atoms. The second-order valence-corrected chi connectivity index (χ2v) is 1.70. The van der Waals surface area contributed by atoms with Gasteiger partial charge in [-0.25, -0.2) is 0 Å². The van der Waals surface area contributed by atoms with Gasteiger partial charge in [0.15, 0.2) is 0 Å². The van der Waals surface area contributed by atoms with Crippen molar-refractivity contribution in [2.45, 2.75) is 0 Å². The molecule has 3 heteroatoms. The van der Waals surface area contributed by atoms with Crippen LogP contribution in [0, 0.1) is 0 Å². The number of benzene rings is 1. The third kappa shape index (κ3) is 1.05. The second kappa shape index (κ2) is 1.85. The van der Waals surface area contributed by atoms with Crippen molar-refractivity contribution in [3.05, 3.63) is 18.2 Å². The fourth-order valence-electron chi connectivity index (χ4n) is 0.524. The lowest BCUT2D eigenvalue weighted by Gasteiger charge is -1.95. The summed E-state index contributed by atoms with van der Waals surface area (Å²) in [5, 5.41) is 17.5. The van der Waals surface area contributed by atoms with Gasteiger partial charge in [-0.3, -0.25) is 5.73 Å². The summed E-state index contributed by atoms with van der Waals surface area (Å²) >= 11 is 0. The molecule has 1 radical (unpaired) electrons. The van der Waals surface area contributed by atoms with Crippen molar-refractivity contribution in [3.8, 4) is 11.5 Å². The monoisotopic (exact) mass is 124 g/mol. The minimum atomic E-state index is -0.118. The molecule has 3 nitrogen and oxygen atoms in total. The molecule has 0 spiro atoms. The van der Waals surface area contributed by atoms with E-state index in [-0.39, 0.29) is 17.2 Å². The predicted octanol–water partition coefficient (Wildman–Crippen LogP) is 1.01. The first-order valence-electron chi connectivity index (χ1n) is 2.44. The topological polar surface area (TPSA) is 64.3 Å². The zero-order chi connectivity index (χ0) is 6.85. The first-order chi connectivity index (χ1) is 4.20. The number of nitrogens with one attached hydrogen (secondary N) is 1. The molecular formula is C6H6NO2. The van der Waals surface area contributed by atoms with Crippen LogP contribution in [0.25, 0.3) is 0 Å². The highest BCUT2D eigenvalue weighted by Gasteiger charge is 1.95. The Hall–Kier alpha value is -1.38. The van der Waals surface area contributed by atoms with Crippen LogP contribution < -0.4 is 5.73 Å². The minimum Gasteiger partial charge on any atom is -0.508 e. The molecule has 1 aromatic rings. The molecule has 1 aromatic carbocycles. The highest BCUT2D eigenvalue weighted by Crippen LogP contribution is 2.24. The van der Waals surface area contributed by atoms with E-state index in [1.807, 2.05) is 0 Å². The van der Waals surface area contributed by atoms with E-state index in [9.17, 15) is 0 Å². The highest BCUT2D eigenvalue weighted by molar-refractivity contribution is 5.51. The van der Waals surface area contributed by atoms with Gasteiger partial charge in [-0.15, -0.1) is 0 Å². The maximum Gasteiger partial charge on any atom is 0.140 e. The van der Waals surface area contributed by atoms with Gasteiger partial charge >= 0.3 is 0 Å². The van der Waals surface area contributed by atoms with Crippen LogP contribution in [-0.2, 0) is 0 Å². The molecule has 0 saturated heterocycles. The van der Waals surface area contributed by atoms with E-state index in [0.717, 1.165) is 0 Å². The van der Waals surface area contributed by atoms with Gasteiger partial charge in [0.25, 0.3) is 0 Å². The normalized spacial score (nSPS) is 9.33.